The van der Waals surface area contributed by atoms with Crippen molar-refractivity contribution in [1.82, 2.24) is 0 Å². The Kier molecular flexibility index (Phi) is 34.6. The van der Waals surface area contributed by atoms with E-state index in [1.807, 2.05) is 0 Å². The number of unbranched alkanes of at least 4 members (excludes halogenated alkanes) is 19. The largest absolute Gasteiger partial charge is 2.00 e. The summed E-state index contributed by atoms with van der Waals surface area (Å²) < 4.78 is 1.49. The van der Waals surface area contributed by atoms with Crippen LogP contribution in [-0.4, -0.2) is 4.70 Å². The van der Waals surface area contributed by atoms with Crippen LogP contribution in [0.25, 0.3) is 16.9 Å². The Bertz CT molecular complexity index is 1210. The zero-order chi connectivity index (χ0) is 38.1. The topological polar surface area (TPSA) is 25.3 Å². The molecule has 0 atom stereocenters. The summed E-state index contributed by atoms with van der Waals surface area (Å²) in [6.45, 7) is 18.7. The van der Waals surface area contributed by atoms with Crippen molar-refractivity contribution < 1.29 is 25.1 Å². The first-order chi connectivity index (χ1) is 25.5. The van der Waals surface area contributed by atoms with Crippen molar-refractivity contribution in [3.05, 3.63) is 102 Å². The van der Waals surface area contributed by atoms with Gasteiger partial charge in [-0.15, -0.1) is 0 Å². The maximum absolute atomic E-state index is 11.6. The zero-order valence-corrected chi connectivity index (χ0v) is 37.0. The van der Waals surface area contributed by atoms with Crippen LogP contribution in [0.5, 0.6) is 0 Å². The average Bonchev–Trinajstić information content (AvgIpc) is 3.50. The molecule has 0 saturated heterocycles. The first-order valence-corrected chi connectivity index (χ1v) is 22.2. The van der Waals surface area contributed by atoms with E-state index in [2.05, 4.69) is 103 Å². The second-order valence-electron chi connectivity index (χ2n) is 15.1. The molecule has 1 aliphatic heterocycles. The number of hydrogen-bond donors (Lipinski definition) is 0. The maximum atomic E-state index is 11.6. The number of benzene rings is 2. The third-order valence-corrected chi connectivity index (χ3v) is 10.1. The number of nitrogens with zero attached hydrogens (tertiary/aromatic N) is 2. The molecule has 0 amide bonds. The van der Waals surface area contributed by atoms with E-state index in [0.717, 1.165) is 54.6 Å². The smallest absolute Gasteiger partial charge is 0.493 e. The number of hydrogen-bond acceptors (Lipinski definition) is 0. The van der Waals surface area contributed by atoms with Crippen LogP contribution in [0, 0.1) is 13.8 Å². The van der Waals surface area contributed by atoms with Crippen LogP contribution in [0.15, 0.2) is 60.2 Å². The minimum atomic E-state index is 0. The number of allylic oxidation sites excluding steroid dienone is 2. The monoisotopic (exact) mass is 817 g/mol. The van der Waals surface area contributed by atoms with Gasteiger partial charge in [-0.25, -0.2) is 4.70 Å². The van der Waals surface area contributed by atoms with Gasteiger partial charge in [0.2, 0.25) is 11.4 Å². The summed E-state index contributed by atoms with van der Waals surface area (Å²) in [6, 6.07) is 17.8. The first-order valence-electron chi connectivity index (χ1n) is 22.2. The van der Waals surface area contributed by atoms with Crippen molar-refractivity contribution in [3.63, 3.8) is 0 Å². The number of rotatable bonds is 27. The summed E-state index contributed by atoms with van der Waals surface area (Å²) in [5.41, 5.74) is 19.8. The van der Waals surface area contributed by atoms with E-state index in [0.29, 0.717) is 0 Å². The Labute approximate surface area is 344 Å². The van der Waals surface area contributed by atoms with E-state index >= 15 is 0 Å². The first kappa shape index (κ1) is 51.2. The van der Waals surface area contributed by atoms with E-state index in [4.69, 9.17) is 0 Å². The molecule has 0 fully saturated rings. The molecule has 0 unspecified atom stereocenters. The Morgan fingerprint density at radius 1 is 0.472 bits per heavy atom. The molecule has 0 N–H and O–H groups in total. The standard InChI is InChI=1S/C38H56N2.2C6H13.Pd/c1-4-7-10-13-15-17-22-32-24-20-27-34(29-32)37-31-36(26-19-12-9-6-3)38(40(37)39)35-28-21-25-33(30-35)23-18-16-14-11-8-5-2;2*1-3-5-6-4-2;/h20-21,24-25,27-31H,4-19,22-23,26H2,1-3H3;2*1,3-6H2,2H3;/q;2*-1;+2. The van der Waals surface area contributed by atoms with Gasteiger partial charge in [0.15, 0.2) is 0 Å². The van der Waals surface area contributed by atoms with E-state index < -0.39 is 0 Å². The van der Waals surface area contributed by atoms with Gasteiger partial charge in [-0.2, -0.15) is 12.8 Å². The molecule has 1 aliphatic rings. The summed E-state index contributed by atoms with van der Waals surface area (Å²) >= 11 is 0. The summed E-state index contributed by atoms with van der Waals surface area (Å²) in [6.07, 6.45) is 36.4. The van der Waals surface area contributed by atoms with E-state index in [-0.39, 0.29) is 20.4 Å². The molecule has 0 bridgehead atoms. The minimum absolute atomic E-state index is 0. The molecule has 2 aromatic rings. The quantitative estimate of drug-likeness (QED) is 0.0371. The van der Waals surface area contributed by atoms with Gasteiger partial charge in [0.05, 0.1) is 0 Å². The SMILES string of the molecule is CCCCCCCCc1cccc(C2=CC(CCCCCC)=C(c3cccc(CCCCCCCC)c3)[N+]2=[N-])c1.[CH2-]CCCCC.[CH2-]CCCCC.[Pd+2]. The molecule has 3 rings (SSSR count). The van der Waals surface area contributed by atoms with E-state index in [9.17, 15) is 5.53 Å². The Morgan fingerprint density at radius 3 is 1.30 bits per heavy atom. The molecule has 53 heavy (non-hydrogen) atoms. The molecular weight excluding hydrogens is 735 g/mol. The fourth-order valence-electron chi connectivity index (χ4n) is 6.83. The van der Waals surface area contributed by atoms with Crippen molar-refractivity contribution in [1.29, 1.82) is 0 Å². The molecule has 0 aromatic heterocycles. The van der Waals surface area contributed by atoms with Crippen LogP contribution in [0.3, 0.4) is 0 Å². The summed E-state index contributed by atoms with van der Waals surface area (Å²) in [5, 5.41) is 0. The molecule has 0 radical (unpaired) electrons. The fraction of sp³-hybridized carbons (Fsp3) is 0.640. The van der Waals surface area contributed by atoms with Gasteiger partial charge in [-0.3, -0.25) is 0 Å². The predicted molar refractivity (Wildman–Crippen MR) is 233 cm³/mol. The van der Waals surface area contributed by atoms with Gasteiger partial charge in [0.25, 0.3) is 0 Å². The molecule has 302 valence electrons. The van der Waals surface area contributed by atoms with Gasteiger partial charge < -0.3 is 19.4 Å². The van der Waals surface area contributed by atoms with Gasteiger partial charge >= 0.3 is 20.4 Å². The third kappa shape index (κ3) is 23.7. The predicted octanol–water partition coefficient (Wildman–Crippen LogP) is 17.1. The molecular formula is C50H82N2Pd. The van der Waals surface area contributed by atoms with Crippen LogP contribution in [-0.2, 0) is 33.3 Å². The average molecular weight is 818 g/mol. The zero-order valence-electron chi connectivity index (χ0n) is 35.4. The van der Waals surface area contributed by atoms with Crippen LogP contribution in [0.4, 0.5) is 0 Å². The van der Waals surface area contributed by atoms with Crippen molar-refractivity contribution in [3.8, 4) is 0 Å². The van der Waals surface area contributed by atoms with Crippen molar-refractivity contribution in [2.75, 3.05) is 0 Å². The molecule has 1 heterocycles. The summed E-state index contributed by atoms with van der Waals surface area (Å²) in [7, 11) is 0. The Morgan fingerprint density at radius 2 is 0.849 bits per heavy atom. The molecule has 0 aliphatic carbocycles. The molecule has 2 nitrogen and oxygen atoms in total. The van der Waals surface area contributed by atoms with Gasteiger partial charge in [-0.1, -0.05) is 181 Å². The van der Waals surface area contributed by atoms with Crippen molar-refractivity contribution in [2.24, 2.45) is 0 Å². The molecule has 3 heteroatoms. The second kappa shape index (κ2) is 35.9. The maximum Gasteiger partial charge on any atom is 2.00 e. The van der Waals surface area contributed by atoms with Crippen LogP contribution in [0.2, 0.25) is 0 Å². The van der Waals surface area contributed by atoms with E-state index in [1.165, 1.54) is 163 Å². The third-order valence-electron chi connectivity index (χ3n) is 10.1. The van der Waals surface area contributed by atoms with Gasteiger partial charge in [-0.05, 0) is 73.9 Å². The fourth-order valence-corrected chi connectivity index (χ4v) is 6.83. The van der Waals surface area contributed by atoms with Gasteiger partial charge in [0, 0.05) is 22.8 Å². The van der Waals surface area contributed by atoms with Crippen molar-refractivity contribution >= 4 is 11.4 Å². The van der Waals surface area contributed by atoms with Crippen molar-refractivity contribution in [2.45, 2.75) is 208 Å². The Hall–Kier alpha value is -1.82. The van der Waals surface area contributed by atoms with Crippen LogP contribution >= 0.6 is 0 Å². The van der Waals surface area contributed by atoms with Crippen LogP contribution < -0.4 is 0 Å². The molecule has 0 spiro atoms. The normalized spacial score (nSPS) is 12.1. The summed E-state index contributed by atoms with van der Waals surface area (Å²) in [5.74, 6) is 0. The van der Waals surface area contributed by atoms with Crippen LogP contribution in [0.1, 0.15) is 217 Å². The molecule has 0 saturated carbocycles. The summed E-state index contributed by atoms with van der Waals surface area (Å²) in [4.78, 5) is 0. The number of aryl methyl sites for hydroxylation is 2. The molecule has 2 aromatic carbocycles. The van der Waals surface area contributed by atoms with E-state index in [1.54, 1.807) is 0 Å². The van der Waals surface area contributed by atoms with Gasteiger partial charge in [0.1, 0.15) is 0 Å². The second-order valence-corrected chi connectivity index (χ2v) is 15.1. The Balaban J connectivity index is 0.00000179. The minimum Gasteiger partial charge on any atom is -0.493 e.